The molecule has 2 heterocycles. The topological polar surface area (TPSA) is 21.4 Å². The van der Waals surface area contributed by atoms with Crippen LogP contribution in [0.3, 0.4) is 0 Å². The molecule has 2 N–H and O–H groups in total. The first kappa shape index (κ1) is 17.5. The van der Waals surface area contributed by atoms with Gasteiger partial charge in [0, 0.05) is 5.69 Å². The van der Waals surface area contributed by atoms with Crippen molar-refractivity contribution in [2.75, 3.05) is 70.5 Å². The zero-order valence-electron chi connectivity index (χ0n) is 13.9. The molecule has 0 amide bonds. The van der Waals surface area contributed by atoms with Gasteiger partial charge in [-0.05, 0) is 18.2 Å². The molecule has 3 rings (SSSR count). The van der Waals surface area contributed by atoms with E-state index in [0.717, 1.165) is 71.6 Å². The second-order valence-corrected chi connectivity index (χ2v) is 6.65. The second-order valence-electron chi connectivity index (χ2n) is 6.65. The highest BCUT2D eigenvalue weighted by molar-refractivity contribution is 5.49. The molecule has 2 aliphatic rings. The zero-order valence-corrected chi connectivity index (χ0v) is 13.9. The number of nitrogens with zero attached hydrogens (tertiary/aromatic N) is 1. The van der Waals surface area contributed by atoms with E-state index in [2.05, 4.69) is 4.90 Å². The summed E-state index contributed by atoms with van der Waals surface area (Å²) in [4.78, 5) is 5.23. The first-order valence-electron chi connectivity index (χ1n) is 8.69. The Morgan fingerprint density at radius 3 is 2.21 bits per heavy atom. The normalized spacial score (nSPS) is 21.2. The zero-order chi connectivity index (χ0) is 17.0. The highest BCUT2D eigenvalue weighted by Crippen LogP contribution is 2.31. The average molecular weight is 345 g/mol. The van der Waals surface area contributed by atoms with E-state index in [1.54, 1.807) is 15.9 Å². The lowest BCUT2D eigenvalue weighted by molar-refractivity contribution is -0.961. The van der Waals surface area contributed by atoms with Gasteiger partial charge in [-0.15, -0.1) is 0 Å². The van der Waals surface area contributed by atoms with Crippen molar-refractivity contribution in [3.05, 3.63) is 29.8 Å². The van der Waals surface area contributed by atoms with Crippen LogP contribution in [-0.4, -0.2) is 65.6 Å². The largest absolute Gasteiger partial charge is 0.416 e. The molecule has 0 bridgehead atoms. The Balaban J connectivity index is 1.48. The van der Waals surface area contributed by atoms with Gasteiger partial charge >= 0.3 is 6.18 Å². The quantitative estimate of drug-likeness (QED) is 0.755. The number of ether oxygens (including phenoxy) is 1. The number of nitrogens with one attached hydrogen (secondary N) is 2. The number of halogens is 3. The minimum absolute atomic E-state index is 0.564. The van der Waals surface area contributed by atoms with Gasteiger partial charge in [-0.25, -0.2) is 0 Å². The summed E-state index contributed by atoms with van der Waals surface area (Å²) in [6.07, 6.45) is -4.27. The lowest BCUT2D eigenvalue weighted by Crippen LogP contribution is -3.22. The Hall–Kier alpha value is -1.31. The van der Waals surface area contributed by atoms with Gasteiger partial charge in [-0.3, -0.25) is 0 Å². The lowest BCUT2D eigenvalue weighted by atomic mass is 10.1. The van der Waals surface area contributed by atoms with Crippen molar-refractivity contribution in [1.82, 2.24) is 0 Å². The minimum atomic E-state index is -4.27. The van der Waals surface area contributed by atoms with Crippen molar-refractivity contribution < 1.29 is 27.7 Å². The van der Waals surface area contributed by atoms with Crippen LogP contribution < -0.4 is 14.7 Å². The third kappa shape index (κ3) is 4.62. The summed E-state index contributed by atoms with van der Waals surface area (Å²) in [6, 6.07) is 5.68. The Bertz CT molecular complexity index is 524. The number of benzene rings is 1. The van der Waals surface area contributed by atoms with Crippen LogP contribution in [0.5, 0.6) is 0 Å². The summed E-state index contributed by atoms with van der Waals surface area (Å²) < 4.78 is 43.9. The van der Waals surface area contributed by atoms with Gasteiger partial charge in [-0.1, -0.05) is 6.07 Å². The van der Waals surface area contributed by atoms with Crippen LogP contribution in [0, 0.1) is 0 Å². The second kappa shape index (κ2) is 7.72. The number of morpholine rings is 1. The molecule has 24 heavy (non-hydrogen) atoms. The van der Waals surface area contributed by atoms with Crippen molar-refractivity contribution in [1.29, 1.82) is 0 Å². The van der Waals surface area contributed by atoms with Crippen LogP contribution in [0.1, 0.15) is 5.56 Å². The molecule has 1 aromatic carbocycles. The summed E-state index contributed by atoms with van der Waals surface area (Å²) in [7, 11) is 0. The van der Waals surface area contributed by atoms with E-state index in [1.165, 1.54) is 12.1 Å². The van der Waals surface area contributed by atoms with Gasteiger partial charge in [-0.2, -0.15) is 13.2 Å². The van der Waals surface area contributed by atoms with Crippen LogP contribution in [0.4, 0.5) is 18.9 Å². The summed E-state index contributed by atoms with van der Waals surface area (Å²) >= 11 is 0. The molecule has 0 radical (unpaired) electrons. The molecule has 0 aromatic heterocycles. The summed E-state index contributed by atoms with van der Waals surface area (Å²) in [5, 5.41) is 0. The van der Waals surface area contributed by atoms with Crippen LogP contribution >= 0.6 is 0 Å². The highest BCUT2D eigenvalue weighted by Gasteiger charge is 2.31. The molecule has 134 valence electrons. The predicted octanol–water partition coefficient (Wildman–Crippen LogP) is -0.675. The predicted molar refractivity (Wildman–Crippen MR) is 85.6 cm³/mol. The Labute approximate surface area is 140 Å². The molecule has 4 nitrogen and oxygen atoms in total. The molecule has 0 saturated carbocycles. The number of rotatable bonds is 4. The van der Waals surface area contributed by atoms with E-state index < -0.39 is 11.7 Å². The number of hydrogen-bond acceptors (Lipinski definition) is 2. The van der Waals surface area contributed by atoms with Crippen LogP contribution in [0.2, 0.25) is 0 Å². The molecule has 0 atom stereocenters. The maximum atomic E-state index is 12.8. The molecule has 0 unspecified atom stereocenters. The van der Waals surface area contributed by atoms with Crippen molar-refractivity contribution in [3.8, 4) is 0 Å². The van der Waals surface area contributed by atoms with Gasteiger partial charge in [0.25, 0.3) is 0 Å². The molecule has 0 spiro atoms. The molecule has 0 aliphatic carbocycles. The third-order valence-corrected chi connectivity index (χ3v) is 5.04. The van der Waals surface area contributed by atoms with Crippen molar-refractivity contribution >= 4 is 5.69 Å². The maximum Gasteiger partial charge on any atom is 0.416 e. The summed E-state index contributed by atoms with van der Waals surface area (Å²) in [5.74, 6) is 0. The SMILES string of the molecule is FC(F)(F)c1cccc(N2CC[NH+](CC[NH+]3CCOCC3)CC2)c1. The number of anilines is 1. The highest BCUT2D eigenvalue weighted by atomic mass is 19.4. The fraction of sp³-hybridized carbons (Fsp3) is 0.647. The van der Waals surface area contributed by atoms with Crippen LogP contribution in [0.25, 0.3) is 0 Å². The monoisotopic (exact) mass is 345 g/mol. The van der Waals surface area contributed by atoms with Gasteiger partial charge in [0.2, 0.25) is 0 Å². The van der Waals surface area contributed by atoms with E-state index in [0.29, 0.717) is 5.69 Å². The van der Waals surface area contributed by atoms with E-state index in [4.69, 9.17) is 4.74 Å². The molecular weight excluding hydrogens is 319 g/mol. The number of alkyl halides is 3. The smallest absolute Gasteiger partial charge is 0.370 e. The standard InChI is InChI=1S/C17H24F3N3O/c18-17(19,20)15-2-1-3-16(14-15)23-8-6-21(7-9-23)4-5-22-10-12-24-13-11-22/h1-3,14H,4-13H2/p+2. The Morgan fingerprint density at radius 1 is 0.958 bits per heavy atom. The fourth-order valence-corrected chi connectivity index (χ4v) is 3.47. The molecule has 1 aromatic rings. The Morgan fingerprint density at radius 2 is 1.58 bits per heavy atom. The van der Waals surface area contributed by atoms with Crippen LogP contribution in [-0.2, 0) is 10.9 Å². The number of quaternary nitrogens is 2. The van der Waals surface area contributed by atoms with Gasteiger partial charge in [0.15, 0.2) is 0 Å². The van der Waals surface area contributed by atoms with Crippen LogP contribution in [0.15, 0.2) is 24.3 Å². The molecule has 2 fully saturated rings. The number of hydrogen-bond donors (Lipinski definition) is 2. The minimum Gasteiger partial charge on any atom is -0.370 e. The molecule has 2 saturated heterocycles. The maximum absolute atomic E-state index is 12.8. The average Bonchev–Trinajstić information content (AvgIpc) is 2.61. The summed E-state index contributed by atoms with van der Waals surface area (Å²) in [5.41, 5.74) is 0.119. The third-order valence-electron chi connectivity index (χ3n) is 5.04. The number of piperazine rings is 1. The molecule has 2 aliphatic heterocycles. The van der Waals surface area contributed by atoms with E-state index >= 15 is 0 Å². The van der Waals surface area contributed by atoms with Crippen molar-refractivity contribution in [2.24, 2.45) is 0 Å². The van der Waals surface area contributed by atoms with E-state index in [-0.39, 0.29) is 0 Å². The first-order valence-corrected chi connectivity index (χ1v) is 8.69. The van der Waals surface area contributed by atoms with E-state index in [1.807, 2.05) is 0 Å². The molecular formula is C17H26F3N3O+2. The molecule has 7 heteroatoms. The van der Waals surface area contributed by atoms with Gasteiger partial charge in [0.1, 0.15) is 26.2 Å². The summed E-state index contributed by atoms with van der Waals surface area (Å²) in [6.45, 7) is 9.77. The van der Waals surface area contributed by atoms with Crippen molar-refractivity contribution in [3.63, 3.8) is 0 Å². The van der Waals surface area contributed by atoms with Gasteiger partial charge < -0.3 is 19.4 Å². The Kier molecular flexibility index (Phi) is 5.63. The van der Waals surface area contributed by atoms with Gasteiger partial charge in [0.05, 0.1) is 45.0 Å². The van der Waals surface area contributed by atoms with E-state index in [9.17, 15) is 13.2 Å². The lowest BCUT2D eigenvalue weighted by Gasteiger charge is -2.34. The van der Waals surface area contributed by atoms with Crippen molar-refractivity contribution in [2.45, 2.75) is 6.18 Å². The first-order chi connectivity index (χ1) is 11.5. The fourth-order valence-electron chi connectivity index (χ4n) is 3.47.